The molecule has 27 heavy (non-hydrogen) atoms. The monoisotopic (exact) mass is 358 g/mol. The number of hydrogen-bond donors (Lipinski definition) is 1. The van der Waals surface area contributed by atoms with E-state index in [2.05, 4.69) is 21.4 Å². The molecule has 4 rings (SSSR count). The number of carbonyl (C=O) groups is 1. The van der Waals surface area contributed by atoms with Crippen molar-refractivity contribution >= 4 is 17.5 Å². The van der Waals surface area contributed by atoms with Gasteiger partial charge in [-0.3, -0.25) is 4.79 Å². The minimum absolute atomic E-state index is 0.0737. The van der Waals surface area contributed by atoms with Crippen molar-refractivity contribution in [1.29, 1.82) is 0 Å². The first-order valence-electron chi connectivity index (χ1n) is 9.24. The summed E-state index contributed by atoms with van der Waals surface area (Å²) >= 11 is 0. The number of rotatable bonds is 4. The van der Waals surface area contributed by atoms with Gasteiger partial charge in [-0.25, -0.2) is 9.97 Å². The van der Waals surface area contributed by atoms with E-state index >= 15 is 0 Å². The lowest BCUT2D eigenvalue weighted by atomic mass is 10.0. The molecule has 0 bridgehead atoms. The van der Waals surface area contributed by atoms with Crippen molar-refractivity contribution in [2.45, 2.75) is 26.3 Å². The van der Waals surface area contributed by atoms with Crippen LogP contribution in [0, 0.1) is 6.92 Å². The van der Waals surface area contributed by atoms with Crippen molar-refractivity contribution in [2.75, 3.05) is 16.8 Å². The topological polar surface area (TPSA) is 58.1 Å². The Morgan fingerprint density at radius 3 is 2.70 bits per heavy atom. The molecule has 0 unspecified atom stereocenters. The van der Waals surface area contributed by atoms with Gasteiger partial charge in [-0.2, -0.15) is 0 Å². The van der Waals surface area contributed by atoms with Crippen LogP contribution in [-0.4, -0.2) is 22.4 Å². The summed E-state index contributed by atoms with van der Waals surface area (Å²) in [4.78, 5) is 23.9. The highest BCUT2D eigenvalue weighted by Gasteiger charge is 2.24. The lowest BCUT2D eigenvalue weighted by molar-refractivity contribution is 0.0980. The molecule has 0 fully saturated rings. The van der Waals surface area contributed by atoms with Crippen LogP contribution in [0.15, 0.2) is 60.7 Å². The van der Waals surface area contributed by atoms with E-state index in [4.69, 9.17) is 0 Å². The summed E-state index contributed by atoms with van der Waals surface area (Å²) in [5.41, 5.74) is 4.54. The van der Waals surface area contributed by atoms with Gasteiger partial charge in [0.2, 0.25) is 5.95 Å². The number of carbonyl (C=O) groups excluding carboxylic acids is 1. The van der Waals surface area contributed by atoms with Gasteiger partial charge in [0.1, 0.15) is 5.69 Å². The van der Waals surface area contributed by atoms with Crippen molar-refractivity contribution < 1.29 is 4.79 Å². The van der Waals surface area contributed by atoms with E-state index in [1.54, 1.807) is 6.07 Å². The molecule has 2 aromatic carbocycles. The first-order chi connectivity index (χ1) is 13.2. The fourth-order valence-corrected chi connectivity index (χ4v) is 3.42. The smallest absolute Gasteiger partial charge is 0.277 e. The highest BCUT2D eigenvalue weighted by Crippen LogP contribution is 2.28. The second-order valence-corrected chi connectivity index (χ2v) is 6.75. The van der Waals surface area contributed by atoms with E-state index in [1.165, 1.54) is 5.56 Å². The van der Waals surface area contributed by atoms with Crippen LogP contribution in [-0.2, 0) is 13.0 Å². The lowest BCUT2D eigenvalue weighted by Crippen LogP contribution is -2.36. The average Bonchev–Trinajstić information content (AvgIpc) is 2.72. The van der Waals surface area contributed by atoms with Gasteiger partial charge >= 0.3 is 0 Å². The molecule has 1 aliphatic heterocycles. The lowest BCUT2D eigenvalue weighted by Gasteiger charge is -2.29. The van der Waals surface area contributed by atoms with Gasteiger partial charge < -0.3 is 10.2 Å². The number of benzene rings is 2. The molecule has 1 amide bonds. The Balaban J connectivity index is 1.57. The zero-order chi connectivity index (χ0) is 18.6. The van der Waals surface area contributed by atoms with Gasteiger partial charge in [0.05, 0.1) is 0 Å². The SMILES string of the molecule is Cc1cc(C(=O)N2CCCc3ccccc32)nc(NCc2ccccc2)n1. The second-order valence-electron chi connectivity index (χ2n) is 6.75. The van der Waals surface area contributed by atoms with Crippen LogP contribution in [0.5, 0.6) is 0 Å². The Morgan fingerprint density at radius 2 is 1.85 bits per heavy atom. The summed E-state index contributed by atoms with van der Waals surface area (Å²) in [5, 5.41) is 3.23. The van der Waals surface area contributed by atoms with Crippen molar-refractivity contribution in [3.63, 3.8) is 0 Å². The Bertz CT molecular complexity index is 956. The van der Waals surface area contributed by atoms with Gasteiger partial charge in [0.15, 0.2) is 0 Å². The molecule has 1 aliphatic rings. The number of anilines is 2. The normalized spacial score (nSPS) is 13.1. The largest absolute Gasteiger partial charge is 0.350 e. The molecule has 3 aromatic rings. The molecule has 1 N–H and O–H groups in total. The quantitative estimate of drug-likeness (QED) is 0.766. The number of para-hydroxylation sites is 1. The number of aromatic nitrogens is 2. The second kappa shape index (κ2) is 7.58. The number of fused-ring (bicyclic) bond motifs is 1. The van der Waals surface area contributed by atoms with E-state index in [9.17, 15) is 4.79 Å². The molecule has 0 atom stereocenters. The summed E-state index contributed by atoms with van der Waals surface area (Å²) in [6.45, 7) is 3.21. The van der Waals surface area contributed by atoms with E-state index in [-0.39, 0.29) is 5.91 Å². The Morgan fingerprint density at radius 1 is 1.07 bits per heavy atom. The third-order valence-electron chi connectivity index (χ3n) is 4.72. The number of aryl methyl sites for hydroxylation is 2. The van der Waals surface area contributed by atoms with Crippen LogP contribution in [0.2, 0.25) is 0 Å². The molecular formula is C22H22N4O. The maximum absolute atomic E-state index is 13.1. The van der Waals surface area contributed by atoms with Crippen molar-refractivity contribution in [1.82, 2.24) is 9.97 Å². The van der Waals surface area contributed by atoms with Gasteiger partial charge in [-0.15, -0.1) is 0 Å². The summed E-state index contributed by atoms with van der Waals surface area (Å²) < 4.78 is 0. The Hall–Kier alpha value is -3.21. The average molecular weight is 358 g/mol. The molecule has 5 heteroatoms. The predicted octanol–water partition coefficient (Wildman–Crippen LogP) is 3.99. The van der Waals surface area contributed by atoms with Gasteiger partial charge in [0.25, 0.3) is 5.91 Å². The molecule has 0 aliphatic carbocycles. The third-order valence-corrected chi connectivity index (χ3v) is 4.72. The zero-order valence-corrected chi connectivity index (χ0v) is 15.4. The molecule has 136 valence electrons. The number of hydrogen-bond acceptors (Lipinski definition) is 4. The van der Waals surface area contributed by atoms with E-state index < -0.39 is 0 Å². The van der Waals surface area contributed by atoms with Crippen molar-refractivity contribution in [2.24, 2.45) is 0 Å². The summed E-state index contributed by atoms with van der Waals surface area (Å²) in [7, 11) is 0. The Labute approximate surface area is 159 Å². The van der Waals surface area contributed by atoms with Crippen LogP contribution in [0.4, 0.5) is 11.6 Å². The number of nitrogens with one attached hydrogen (secondary N) is 1. The third kappa shape index (κ3) is 3.82. The summed E-state index contributed by atoms with van der Waals surface area (Å²) in [5.74, 6) is 0.405. The maximum atomic E-state index is 13.1. The van der Waals surface area contributed by atoms with E-state index in [0.717, 1.165) is 29.8 Å². The van der Waals surface area contributed by atoms with Crippen LogP contribution >= 0.6 is 0 Å². The highest BCUT2D eigenvalue weighted by atomic mass is 16.2. The number of amides is 1. The molecule has 5 nitrogen and oxygen atoms in total. The molecule has 2 heterocycles. The Kier molecular flexibility index (Phi) is 4.83. The fraction of sp³-hybridized carbons (Fsp3) is 0.227. The summed E-state index contributed by atoms with van der Waals surface area (Å²) in [6, 6.07) is 19.9. The molecule has 0 spiro atoms. The molecule has 1 aromatic heterocycles. The van der Waals surface area contributed by atoms with E-state index in [0.29, 0.717) is 24.7 Å². The number of nitrogens with zero attached hydrogens (tertiary/aromatic N) is 3. The van der Waals surface area contributed by atoms with Crippen molar-refractivity contribution in [3.8, 4) is 0 Å². The first-order valence-corrected chi connectivity index (χ1v) is 9.24. The minimum atomic E-state index is -0.0737. The van der Waals surface area contributed by atoms with E-state index in [1.807, 2.05) is 60.4 Å². The van der Waals surface area contributed by atoms with Crippen LogP contribution < -0.4 is 10.2 Å². The standard InChI is InChI=1S/C22H22N4O/c1-16-14-19(25-22(24-16)23-15-17-8-3-2-4-9-17)21(27)26-13-7-11-18-10-5-6-12-20(18)26/h2-6,8-10,12,14H,7,11,13,15H2,1H3,(H,23,24,25). The minimum Gasteiger partial charge on any atom is -0.350 e. The molecule has 0 saturated heterocycles. The first kappa shape index (κ1) is 17.2. The zero-order valence-electron chi connectivity index (χ0n) is 15.4. The van der Waals surface area contributed by atoms with Gasteiger partial charge in [-0.1, -0.05) is 48.5 Å². The molecule has 0 radical (unpaired) electrons. The van der Waals surface area contributed by atoms with Crippen LogP contribution in [0.1, 0.15) is 33.7 Å². The van der Waals surface area contributed by atoms with Crippen LogP contribution in [0.3, 0.4) is 0 Å². The maximum Gasteiger partial charge on any atom is 0.277 e. The van der Waals surface area contributed by atoms with Gasteiger partial charge in [0, 0.05) is 24.5 Å². The van der Waals surface area contributed by atoms with Crippen LogP contribution in [0.25, 0.3) is 0 Å². The summed E-state index contributed by atoms with van der Waals surface area (Å²) in [6.07, 6.45) is 1.97. The van der Waals surface area contributed by atoms with Crippen molar-refractivity contribution in [3.05, 3.63) is 83.2 Å². The molecule has 0 saturated carbocycles. The fourth-order valence-electron chi connectivity index (χ4n) is 3.42. The predicted molar refractivity (Wildman–Crippen MR) is 107 cm³/mol. The van der Waals surface area contributed by atoms with Gasteiger partial charge in [-0.05, 0) is 43.0 Å². The molecular weight excluding hydrogens is 336 g/mol. The highest BCUT2D eigenvalue weighted by molar-refractivity contribution is 6.05.